The van der Waals surface area contributed by atoms with E-state index >= 15 is 0 Å². The predicted molar refractivity (Wildman–Crippen MR) is 96.4 cm³/mol. The van der Waals surface area contributed by atoms with Crippen LogP contribution in [0.2, 0.25) is 5.02 Å². The molecule has 0 aliphatic carbocycles. The van der Waals surface area contributed by atoms with E-state index in [0.29, 0.717) is 16.5 Å². The van der Waals surface area contributed by atoms with Gasteiger partial charge in [-0.25, -0.2) is 13.1 Å². The molecule has 0 atom stereocenters. The Kier molecular flexibility index (Phi) is 6.52. The number of benzene rings is 2. The van der Waals surface area contributed by atoms with Gasteiger partial charge >= 0.3 is 0 Å². The van der Waals surface area contributed by atoms with Crippen LogP contribution in [0.4, 0.5) is 0 Å². The molecule has 2 rings (SSSR count). The Balaban J connectivity index is 2.00. The Morgan fingerprint density at radius 3 is 2.40 bits per heavy atom. The van der Waals surface area contributed by atoms with Crippen molar-refractivity contribution in [3.8, 4) is 17.2 Å². The molecule has 0 bridgehead atoms. The summed E-state index contributed by atoms with van der Waals surface area (Å²) >= 11 is 6.02. The number of methoxy groups -OCH3 is 2. The van der Waals surface area contributed by atoms with Crippen molar-refractivity contribution in [1.29, 1.82) is 0 Å². The third-order valence-electron chi connectivity index (χ3n) is 3.47. The molecule has 2 aromatic carbocycles. The lowest BCUT2D eigenvalue weighted by Gasteiger charge is -2.12. The maximum Gasteiger partial charge on any atom is 0.244 e. The van der Waals surface area contributed by atoms with Gasteiger partial charge in [0, 0.05) is 17.6 Å². The van der Waals surface area contributed by atoms with Gasteiger partial charge in [0.1, 0.15) is 28.8 Å². The highest BCUT2D eigenvalue weighted by Gasteiger charge is 2.20. The summed E-state index contributed by atoms with van der Waals surface area (Å²) < 4.78 is 43.1. The molecule has 0 amide bonds. The molecule has 0 unspecified atom stereocenters. The van der Waals surface area contributed by atoms with E-state index in [0.717, 1.165) is 5.56 Å². The lowest BCUT2D eigenvalue weighted by atomic mass is 10.2. The van der Waals surface area contributed by atoms with Crippen molar-refractivity contribution >= 4 is 21.6 Å². The summed E-state index contributed by atoms with van der Waals surface area (Å²) in [5.74, 6) is 1.24. The van der Waals surface area contributed by atoms with Crippen LogP contribution in [0, 0.1) is 6.92 Å². The van der Waals surface area contributed by atoms with E-state index in [-0.39, 0.29) is 23.8 Å². The Labute approximate surface area is 152 Å². The number of sulfonamides is 1. The van der Waals surface area contributed by atoms with Crippen molar-refractivity contribution in [2.45, 2.75) is 11.8 Å². The smallest absolute Gasteiger partial charge is 0.244 e. The molecule has 2 aromatic rings. The number of rotatable bonds is 8. The van der Waals surface area contributed by atoms with Crippen LogP contribution < -0.4 is 18.9 Å². The summed E-state index contributed by atoms with van der Waals surface area (Å²) in [4.78, 5) is 0.00716. The first-order valence-electron chi connectivity index (χ1n) is 7.48. The van der Waals surface area contributed by atoms with Crippen molar-refractivity contribution in [2.75, 3.05) is 27.4 Å². The van der Waals surface area contributed by atoms with Crippen LogP contribution in [0.15, 0.2) is 41.3 Å². The van der Waals surface area contributed by atoms with E-state index in [1.165, 1.54) is 26.4 Å². The van der Waals surface area contributed by atoms with Gasteiger partial charge in [0.05, 0.1) is 14.2 Å². The third kappa shape index (κ3) is 5.01. The highest BCUT2D eigenvalue weighted by atomic mass is 35.5. The van der Waals surface area contributed by atoms with E-state index in [4.69, 9.17) is 25.8 Å². The van der Waals surface area contributed by atoms with Crippen molar-refractivity contribution in [3.05, 3.63) is 47.0 Å². The molecule has 0 saturated heterocycles. The highest BCUT2D eigenvalue weighted by Crippen LogP contribution is 2.28. The van der Waals surface area contributed by atoms with Crippen LogP contribution in [0.25, 0.3) is 0 Å². The summed E-state index contributed by atoms with van der Waals surface area (Å²) in [6, 6.07) is 9.88. The molecule has 8 heteroatoms. The largest absolute Gasteiger partial charge is 0.497 e. The molecule has 0 aliphatic heterocycles. The van der Waals surface area contributed by atoms with Gasteiger partial charge in [-0.15, -0.1) is 0 Å². The van der Waals surface area contributed by atoms with E-state index in [2.05, 4.69) is 4.72 Å². The molecule has 25 heavy (non-hydrogen) atoms. The molecule has 6 nitrogen and oxygen atoms in total. The van der Waals surface area contributed by atoms with Crippen LogP contribution in [0.1, 0.15) is 5.56 Å². The zero-order chi connectivity index (χ0) is 18.4. The normalized spacial score (nSPS) is 11.2. The zero-order valence-corrected chi connectivity index (χ0v) is 15.8. The average molecular weight is 386 g/mol. The molecule has 0 heterocycles. The van der Waals surface area contributed by atoms with Gasteiger partial charge < -0.3 is 14.2 Å². The number of nitrogens with one attached hydrogen (secondary N) is 1. The Morgan fingerprint density at radius 2 is 1.76 bits per heavy atom. The topological polar surface area (TPSA) is 73.9 Å². The van der Waals surface area contributed by atoms with Gasteiger partial charge in [-0.3, -0.25) is 0 Å². The van der Waals surface area contributed by atoms with Gasteiger partial charge in [0.25, 0.3) is 0 Å². The van der Waals surface area contributed by atoms with Gasteiger partial charge in [-0.1, -0.05) is 17.7 Å². The molecule has 0 saturated carbocycles. The number of ether oxygens (including phenoxy) is 3. The minimum absolute atomic E-state index is 0.00716. The second-order valence-electron chi connectivity index (χ2n) is 5.17. The lowest BCUT2D eigenvalue weighted by Crippen LogP contribution is -2.28. The van der Waals surface area contributed by atoms with Crippen LogP contribution in [-0.2, 0) is 10.0 Å². The maximum absolute atomic E-state index is 12.5. The van der Waals surface area contributed by atoms with Crippen molar-refractivity contribution in [3.63, 3.8) is 0 Å². The summed E-state index contributed by atoms with van der Waals surface area (Å²) in [6.07, 6.45) is 0. The lowest BCUT2D eigenvalue weighted by molar-refractivity contribution is 0.322. The molecule has 0 spiro atoms. The minimum atomic E-state index is -3.77. The number of hydrogen-bond acceptors (Lipinski definition) is 5. The summed E-state index contributed by atoms with van der Waals surface area (Å²) in [7, 11) is -0.894. The van der Waals surface area contributed by atoms with Crippen LogP contribution in [-0.4, -0.2) is 35.8 Å². The van der Waals surface area contributed by atoms with Gasteiger partial charge in [0.2, 0.25) is 10.0 Å². The first kappa shape index (κ1) is 19.4. The molecular weight excluding hydrogens is 366 g/mol. The predicted octanol–water partition coefficient (Wildman–Crippen LogP) is 3.02. The van der Waals surface area contributed by atoms with Crippen LogP contribution in [0.3, 0.4) is 0 Å². The molecule has 1 N–H and O–H groups in total. The number of halogens is 1. The summed E-state index contributed by atoms with van der Waals surface area (Å²) in [5.41, 5.74) is 0.944. The number of hydrogen-bond donors (Lipinski definition) is 1. The fourth-order valence-corrected chi connectivity index (χ4v) is 3.45. The van der Waals surface area contributed by atoms with E-state index < -0.39 is 10.0 Å². The molecule has 0 aliphatic rings. The van der Waals surface area contributed by atoms with E-state index in [1.54, 1.807) is 18.2 Å². The standard InChI is InChI=1S/C17H20ClNO5S/c1-12-4-5-14(10-15(12)18)24-9-8-19-25(20,21)17-11-13(22-2)6-7-16(17)23-3/h4-7,10-11,19H,8-9H2,1-3H3. The van der Waals surface area contributed by atoms with E-state index in [1.807, 2.05) is 13.0 Å². The van der Waals surface area contributed by atoms with Crippen LogP contribution in [0.5, 0.6) is 17.2 Å². The maximum atomic E-state index is 12.5. The second kappa shape index (κ2) is 8.42. The fourth-order valence-electron chi connectivity index (χ4n) is 2.08. The molecule has 0 aromatic heterocycles. The van der Waals surface area contributed by atoms with Crippen molar-refractivity contribution in [2.24, 2.45) is 0 Å². The zero-order valence-electron chi connectivity index (χ0n) is 14.2. The second-order valence-corrected chi connectivity index (χ2v) is 7.32. The van der Waals surface area contributed by atoms with Gasteiger partial charge in [-0.2, -0.15) is 0 Å². The molecule has 136 valence electrons. The Bertz CT molecular complexity index is 839. The first-order chi connectivity index (χ1) is 11.9. The molecular formula is C17H20ClNO5S. The minimum Gasteiger partial charge on any atom is -0.497 e. The van der Waals surface area contributed by atoms with E-state index in [9.17, 15) is 8.42 Å². The summed E-state index contributed by atoms with van der Waals surface area (Å²) in [5, 5.41) is 0.596. The third-order valence-corrected chi connectivity index (χ3v) is 5.36. The van der Waals surface area contributed by atoms with Crippen molar-refractivity contribution in [1.82, 2.24) is 4.72 Å². The number of aryl methyl sites for hydroxylation is 1. The van der Waals surface area contributed by atoms with Crippen LogP contribution >= 0.6 is 11.6 Å². The first-order valence-corrected chi connectivity index (χ1v) is 9.34. The highest BCUT2D eigenvalue weighted by molar-refractivity contribution is 7.89. The summed E-state index contributed by atoms with van der Waals surface area (Å²) in [6.45, 7) is 2.14. The van der Waals surface area contributed by atoms with Gasteiger partial charge in [0.15, 0.2) is 0 Å². The molecule has 0 fully saturated rings. The molecule has 0 radical (unpaired) electrons. The quantitative estimate of drug-likeness (QED) is 0.707. The Hall–Kier alpha value is -1.96. The average Bonchev–Trinajstić information content (AvgIpc) is 2.61. The van der Waals surface area contributed by atoms with Gasteiger partial charge in [-0.05, 0) is 36.8 Å². The Morgan fingerprint density at radius 1 is 1.04 bits per heavy atom. The SMILES string of the molecule is COc1ccc(OC)c(S(=O)(=O)NCCOc2ccc(C)c(Cl)c2)c1. The fraction of sp³-hybridized carbons (Fsp3) is 0.294. The monoisotopic (exact) mass is 385 g/mol. The van der Waals surface area contributed by atoms with Crippen molar-refractivity contribution < 1.29 is 22.6 Å².